The van der Waals surface area contributed by atoms with Crippen molar-refractivity contribution in [1.29, 1.82) is 0 Å². The third kappa shape index (κ3) is 3.68. The van der Waals surface area contributed by atoms with E-state index in [9.17, 15) is 9.59 Å². The van der Waals surface area contributed by atoms with E-state index in [1.165, 1.54) is 25.3 Å². The van der Waals surface area contributed by atoms with Gasteiger partial charge in [0.25, 0.3) is 5.56 Å². The molecule has 1 N–H and O–H groups in total. The molecule has 23 heavy (non-hydrogen) atoms. The van der Waals surface area contributed by atoms with E-state index in [-0.39, 0.29) is 17.7 Å². The van der Waals surface area contributed by atoms with Gasteiger partial charge in [-0.2, -0.15) is 0 Å². The molecule has 0 bridgehead atoms. The van der Waals surface area contributed by atoms with Gasteiger partial charge in [-0.1, -0.05) is 19.3 Å². The molecule has 0 spiro atoms. The van der Waals surface area contributed by atoms with Gasteiger partial charge in [-0.15, -0.1) is 0 Å². The number of hydrogen-bond acceptors (Lipinski definition) is 3. The summed E-state index contributed by atoms with van der Waals surface area (Å²) in [6.45, 7) is 3.03. The Morgan fingerprint density at radius 2 is 1.91 bits per heavy atom. The van der Waals surface area contributed by atoms with Crippen molar-refractivity contribution in [2.24, 2.45) is 7.05 Å². The quantitative estimate of drug-likeness (QED) is 0.924. The fourth-order valence-corrected chi connectivity index (χ4v) is 3.19. The molecule has 2 fully saturated rings. The third-order valence-electron chi connectivity index (χ3n) is 4.85. The lowest BCUT2D eigenvalue weighted by Gasteiger charge is -2.40. The molecule has 6 heteroatoms. The molecular formula is C17H25N3O3. The Kier molecular flexibility index (Phi) is 4.59. The maximum absolute atomic E-state index is 12.2. The first-order chi connectivity index (χ1) is 11.0. The van der Waals surface area contributed by atoms with Crippen LogP contribution in [0, 0.1) is 6.92 Å². The molecule has 6 nitrogen and oxygen atoms in total. The number of aromatic nitrogens is 1. The molecule has 0 aromatic carbocycles. The van der Waals surface area contributed by atoms with Gasteiger partial charge in [-0.25, -0.2) is 4.79 Å². The fourth-order valence-electron chi connectivity index (χ4n) is 3.19. The zero-order valence-corrected chi connectivity index (χ0v) is 13.9. The second-order valence-corrected chi connectivity index (χ2v) is 6.66. The number of nitrogens with one attached hydrogen (secondary N) is 1. The number of carbonyl (C=O) groups is 1. The first-order valence-corrected chi connectivity index (χ1v) is 8.42. The number of nitrogens with zero attached hydrogens (tertiary/aromatic N) is 2. The van der Waals surface area contributed by atoms with Crippen molar-refractivity contribution in [3.05, 3.63) is 28.2 Å². The number of ether oxygens (including phenoxy) is 1. The minimum atomic E-state index is -0.0776. The van der Waals surface area contributed by atoms with Crippen LogP contribution in [-0.4, -0.2) is 40.7 Å². The molecule has 1 saturated carbocycles. The zero-order valence-electron chi connectivity index (χ0n) is 13.9. The van der Waals surface area contributed by atoms with Crippen LogP contribution < -0.4 is 15.6 Å². The van der Waals surface area contributed by atoms with Crippen LogP contribution in [0.15, 0.2) is 16.9 Å². The summed E-state index contributed by atoms with van der Waals surface area (Å²) >= 11 is 0. The van der Waals surface area contributed by atoms with E-state index in [1.807, 2.05) is 13.0 Å². The summed E-state index contributed by atoms with van der Waals surface area (Å²) < 4.78 is 7.38. The highest BCUT2D eigenvalue weighted by molar-refractivity contribution is 5.75. The number of amides is 2. The van der Waals surface area contributed by atoms with Gasteiger partial charge < -0.3 is 19.5 Å². The summed E-state index contributed by atoms with van der Waals surface area (Å²) in [5, 5.41) is 3.11. The number of carbonyl (C=O) groups excluding carboxylic acids is 1. The number of likely N-dealkylation sites (tertiary alicyclic amines) is 1. The Labute approximate surface area is 136 Å². The number of rotatable bonds is 3. The largest absolute Gasteiger partial charge is 0.486 e. The minimum Gasteiger partial charge on any atom is -0.486 e. The van der Waals surface area contributed by atoms with Gasteiger partial charge in [0.1, 0.15) is 11.9 Å². The molecule has 1 aliphatic carbocycles. The molecule has 1 aliphatic heterocycles. The predicted molar refractivity (Wildman–Crippen MR) is 87.8 cm³/mol. The number of pyridine rings is 1. The molecule has 0 atom stereocenters. The van der Waals surface area contributed by atoms with Gasteiger partial charge >= 0.3 is 6.03 Å². The maximum Gasteiger partial charge on any atom is 0.317 e. The van der Waals surface area contributed by atoms with Crippen LogP contribution in [0.1, 0.15) is 37.8 Å². The minimum absolute atomic E-state index is 0.0110. The molecular weight excluding hydrogens is 294 g/mol. The van der Waals surface area contributed by atoms with E-state index in [1.54, 1.807) is 16.5 Å². The molecule has 2 amide bonds. The summed E-state index contributed by atoms with van der Waals surface area (Å²) in [4.78, 5) is 25.7. The van der Waals surface area contributed by atoms with Crippen molar-refractivity contribution in [3.8, 4) is 5.75 Å². The molecule has 1 aromatic heterocycles. The van der Waals surface area contributed by atoms with Crippen molar-refractivity contribution in [2.75, 3.05) is 13.1 Å². The van der Waals surface area contributed by atoms with Crippen LogP contribution in [-0.2, 0) is 7.05 Å². The third-order valence-corrected chi connectivity index (χ3v) is 4.85. The molecule has 126 valence electrons. The highest BCUT2D eigenvalue weighted by Gasteiger charge is 2.33. The molecule has 1 saturated heterocycles. The number of hydrogen-bond donors (Lipinski definition) is 1. The van der Waals surface area contributed by atoms with Crippen molar-refractivity contribution in [2.45, 2.75) is 51.2 Å². The second kappa shape index (κ2) is 6.64. The summed E-state index contributed by atoms with van der Waals surface area (Å²) in [5.41, 5.74) is 0.782. The molecule has 1 aromatic rings. The highest BCUT2D eigenvalue weighted by Crippen LogP contribution is 2.20. The molecule has 2 aliphatic rings. The van der Waals surface area contributed by atoms with Gasteiger partial charge in [0.2, 0.25) is 0 Å². The first-order valence-electron chi connectivity index (χ1n) is 8.42. The lowest BCUT2D eigenvalue weighted by molar-refractivity contribution is 0.0427. The van der Waals surface area contributed by atoms with Gasteiger partial charge in [0.15, 0.2) is 0 Å². The smallest absolute Gasteiger partial charge is 0.317 e. The Balaban J connectivity index is 1.47. The monoisotopic (exact) mass is 319 g/mol. The molecule has 0 unspecified atom stereocenters. The summed E-state index contributed by atoms with van der Waals surface area (Å²) in [6, 6.07) is 3.69. The van der Waals surface area contributed by atoms with E-state index in [0.717, 1.165) is 18.5 Å². The topological polar surface area (TPSA) is 63.6 Å². The molecule has 0 radical (unpaired) electrons. The normalized spacial score (nSPS) is 19.3. The van der Waals surface area contributed by atoms with Crippen molar-refractivity contribution in [3.63, 3.8) is 0 Å². The van der Waals surface area contributed by atoms with Crippen LogP contribution in [0.3, 0.4) is 0 Å². The number of aryl methyl sites for hydroxylation is 1. The van der Waals surface area contributed by atoms with Crippen LogP contribution in [0.2, 0.25) is 0 Å². The lowest BCUT2D eigenvalue weighted by atomic mass is 9.95. The van der Waals surface area contributed by atoms with Crippen LogP contribution in [0.5, 0.6) is 5.75 Å². The Bertz CT molecular complexity index is 628. The SMILES string of the molecule is Cc1cc(OC2CN(C(=O)NC3CCCCC3)C2)cc(=O)n1C. The average Bonchev–Trinajstić information content (AvgIpc) is 2.48. The summed E-state index contributed by atoms with van der Waals surface area (Å²) in [7, 11) is 1.74. The summed E-state index contributed by atoms with van der Waals surface area (Å²) in [6.07, 6.45) is 5.84. The van der Waals surface area contributed by atoms with E-state index >= 15 is 0 Å². The lowest BCUT2D eigenvalue weighted by Crippen LogP contribution is -2.60. The molecule has 2 heterocycles. The zero-order chi connectivity index (χ0) is 16.4. The molecule has 3 rings (SSSR count). The van der Waals surface area contributed by atoms with Gasteiger partial charge in [-0.05, 0) is 25.8 Å². The van der Waals surface area contributed by atoms with E-state index < -0.39 is 0 Å². The standard InChI is InChI=1S/C17H25N3O3/c1-12-8-14(9-16(21)19(12)2)23-15-10-20(11-15)17(22)18-13-6-4-3-5-7-13/h8-9,13,15H,3-7,10-11H2,1-2H3,(H,18,22). The van der Waals surface area contributed by atoms with E-state index in [2.05, 4.69) is 5.32 Å². The second-order valence-electron chi connectivity index (χ2n) is 6.66. The Morgan fingerprint density at radius 3 is 2.57 bits per heavy atom. The maximum atomic E-state index is 12.2. The van der Waals surface area contributed by atoms with Crippen LogP contribution in [0.25, 0.3) is 0 Å². The Morgan fingerprint density at radius 1 is 1.22 bits per heavy atom. The van der Waals surface area contributed by atoms with E-state index in [0.29, 0.717) is 24.9 Å². The number of urea groups is 1. The van der Waals surface area contributed by atoms with Crippen molar-refractivity contribution >= 4 is 6.03 Å². The predicted octanol–water partition coefficient (Wildman–Crippen LogP) is 1.80. The van der Waals surface area contributed by atoms with Crippen LogP contribution in [0.4, 0.5) is 4.79 Å². The van der Waals surface area contributed by atoms with E-state index in [4.69, 9.17) is 4.74 Å². The van der Waals surface area contributed by atoms with Gasteiger partial charge in [-0.3, -0.25) is 4.79 Å². The van der Waals surface area contributed by atoms with Crippen LogP contribution >= 0.6 is 0 Å². The average molecular weight is 319 g/mol. The van der Waals surface area contributed by atoms with Crippen molar-refractivity contribution in [1.82, 2.24) is 14.8 Å². The van der Waals surface area contributed by atoms with Crippen molar-refractivity contribution < 1.29 is 9.53 Å². The summed E-state index contributed by atoms with van der Waals surface area (Å²) in [5.74, 6) is 0.586. The highest BCUT2D eigenvalue weighted by atomic mass is 16.5. The Hall–Kier alpha value is -1.98. The van der Waals surface area contributed by atoms with Gasteiger partial charge in [0, 0.05) is 24.8 Å². The first kappa shape index (κ1) is 15.9. The fraction of sp³-hybridized carbons (Fsp3) is 0.647. The van der Waals surface area contributed by atoms with Gasteiger partial charge in [0.05, 0.1) is 13.1 Å².